The Morgan fingerprint density at radius 2 is 0.625 bits per heavy atom. The van der Waals surface area contributed by atoms with E-state index in [0.717, 1.165) is 0 Å². The fraction of sp³-hybridized carbons (Fsp3) is 0.200. The highest BCUT2D eigenvalue weighted by molar-refractivity contribution is 7.77. The summed E-state index contributed by atoms with van der Waals surface area (Å²) >= 11 is 0. The summed E-state index contributed by atoms with van der Waals surface area (Å²) in [6, 6.07) is 45.4. The monoisotopic (exact) mass is 452 g/mol. The zero-order valence-electron chi connectivity index (χ0n) is 18.4. The summed E-state index contributed by atoms with van der Waals surface area (Å²) in [4.78, 5) is 0. The second-order valence-corrected chi connectivity index (χ2v) is 13.4. The van der Waals surface area contributed by atoms with Crippen molar-refractivity contribution in [3.05, 3.63) is 121 Å². The van der Waals surface area contributed by atoms with Crippen LogP contribution in [-0.4, -0.2) is 11.3 Å². The van der Waals surface area contributed by atoms with Gasteiger partial charge >= 0.3 is 0 Å². The van der Waals surface area contributed by atoms with Gasteiger partial charge in [-0.05, 0) is 61.2 Å². The Kier molecular flexibility index (Phi) is 7.13. The van der Waals surface area contributed by atoms with Crippen molar-refractivity contribution in [2.24, 2.45) is 0 Å². The number of rotatable bonds is 6. The molecule has 0 N–H and O–H groups in total. The quantitative estimate of drug-likeness (QED) is 0.291. The first-order valence-electron chi connectivity index (χ1n) is 11.7. The topological polar surface area (TPSA) is 0 Å². The smallest absolute Gasteiger partial charge is 0.00551 e. The highest BCUT2D eigenvalue weighted by Crippen LogP contribution is 2.56. The Labute approximate surface area is 195 Å². The molecule has 1 saturated carbocycles. The lowest BCUT2D eigenvalue weighted by Gasteiger charge is -2.42. The van der Waals surface area contributed by atoms with Crippen LogP contribution < -0.4 is 21.2 Å². The van der Waals surface area contributed by atoms with Crippen LogP contribution in [-0.2, 0) is 0 Å². The minimum absolute atomic E-state index is 0.405. The third-order valence-electron chi connectivity index (χ3n) is 6.49. The van der Waals surface area contributed by atoms with Crippen LogP contribution in [0.4, 0.5) is 0 Å². The second-order valence-electron chi connectivity index (χ2n) is 8.50. The number of hydrogen-bond acceptors (Lipinski definition) is 0. The standard InChI is InChI=1S/C30H30P2/c1-5-15-25(16-6-1)31(26-17-7-2-8-18-26)29-23-13-14-24-30(29)32(27-19-9-3-10-20-27)28-21-11-4-12-22-28/h1-12,15-22,29-30H,13-14,23-24H2/t29-,30+. The molecule has 0 heterocycles. The van der Waals surface area contributed by atoms with Gasteiger partial charge in [0, 0.05) is 0 Å². The van der Waals surface area contributed by atoms with E-state index in [-0.39, 0.29) is 0 Å². The van der Waals surface area contributed by atoms with Crippen molar-refractivity contribution in [3.63, 3.8) is 0 Å². The molecule has 32 heavy (non-hydrogen) atoms. The fourth-order valence-electron chi connectivity index (χ4n) is 5.11. The van der Waals surface area contributed by atoms with Crippen LogP contribution in [0.15, 0.2) is 121 Å². The minimum Gasteiger partial charge on any atom is -0.0622 e. The summed E-state index contributed by atoms with van der Waals surface area (Å²) in [7, 11) is -0.811. The van der Waals surface area contributed by atoms with Crippen LogP contribution in [0, 0.1) is 0 Å². The number of hydrogen-bond donors (Lipinski definition) is 0. The third-order valence-corrected chi connectivity index (χ3v) is 12.7. The second kappa shape index (κ2) is 10.6. The van der Waals surface area contributed by atoms with Crippen molar-refractivity contribution in [1.29, 1.82) is 0 Å². The molecule has 0 nitrogen and oxygen atoms in total. The van der Waals surface area contributed by atoms with E-state index >= 15 is 0 Å². The Morgan fingerprint density at radius 1 is 0.375 bits per heavy atom. The van der Waals surface area contributed by atoms with Gasteiger partial charge in [0.1, 0.15) is 0 Å². The first kappa shape index (κ1) is 21.6. The molecule has 0 aromatic heterocycles. The van der Waals surface area contributed by atoms with Crippen molar-refractivity contribution in [3.8, 4) is 0 Å². The van der Waals surface area contributed by atoms with Gasteiger partial charge in [-0.25, -0.2) is 0 Å². The van der Waals surface area contributed by atoms with E-state index in [0.29, 0.717) is 11.3 Å². The molecule has 0 bridgehead atoms. The summed E-state index contributed by atoms with van der Waals surface area (Å²) in [6.07, 6.45) is 5.37. The van der Waals surface area contributed by atoms with Crippen LogP contribution in [0.5, 0.6) is 0 Å². The van der Waals surface area contributed by atoms with Gasteiger partial charge in [-0.15, -0.1) is 0 Å². The molecule has 5 rings (SSSR count). The van der Waals surface area contributed by atoms with Crippen LogP contribution in [0.3, 0.4) is 0 Å². The van der Waals surface area contributed by atoms with Crippen molar-refractivity contribution in [1.82, 2.24) is 0 Å². The largest absolute Gasteiger partial charge is 0.0622 e. The Bertz CT molecular complexity index is 911. The van der Waals surface area contributed by atoms with E-state index in [4.69, 9.17) is 0 Å². The first-order valence-corrected chi connectivity index (χ1v) is 14.5. The van der Waals surface area contributed by atoms with Crippen LogP contribution in [0.25, 0.3) is 0 Å². The molecule has 4 aromatic rings. The van der Waals surface area contributed by atoms with Crippen LogP contribution >= 0.6 is 15.8 Å². The van der Waals surface area contributed by atoms with Gasteiger partial charge in [0.05, 0.1) is 0 Å². The Balaban J connectivity index is 1.62. The molecule has 1 aliphatic rings. The van der Waals surface area contributed by atoms with E-state index in [1.807, 2.05) is 0 Å². The molecule has 4 aromatic carbocycles. The number of benzene rings is 4. The van der Waals surface area contributed by atoms with Gasteiger partial charge in [-0.1, -0.05) is 134 Å². The summed E-state index contributed by atoms with van der Waals surface area (Å²) < 4.78 is 0. The Morgan fingerprint density at radius 3 is 0.875 bits per heavy atom. The highest BCUT2D eigenvalue weighted by Gasteiger charge is 2.38. The van der Waals surface area contributed by atoms with E-state index in [1.165, 1.54) is 46.9 Å². The summed E-state index contributed by atoms with van der Waals surface area (Å²) in [6.45, 7) is 0. The normalized spacial score (nSPS) is 18.7. The molecule has 0 saturated heterocycles. The average molecular weight is 453 g/mol. The van der Waals surface area contributed by atoms with E-state index in [1.54, 1.807) is 0 Å². The van der Waals surface area contributed by atoms with E-state index in [9.17, 15) is 0 Å². The average Bonchev–Trinajstić information content (AvgIpc) is 2.88. The molecule has 0 aliphatic heterocycles. The highest BCUT2D eigenvalue weighted by atomic mass is 31.1. The van der Waals surface area contributed by atoms with Gasteiger partial charge < -0.3 is 0 Å². The van der Waals surface area contributed by atoms with Gasteiger partial charge in [-0.2, -0.15) is 0 Å². The summed E-state index contributed by atoms with van der Waals surface area (Å²) in [5.74, 6) is 0. The summed E-state index contributed by atoms with van der Waals surface area (Å²) in [5, 5.41) is 6.12. The fourth-order valence-corrected chi connectivity index (χ4v) is 11.9. The van der Waals surface area contributed by atoms with Crippen molar-refractivity contribution < 1.29 is 0 Å². The predicted molar refractivity (Wildman–Crippen MR) is 144 cm³/mol. The maximum atomic E-state index is 2.37. The molecule has 160 valence electrons. The maximum Gasteiger partial charge on any atom is -0.00551 e. The molecular weight excluding hydrogens is 422 g/mol. The van der Waals surface area contributed by atoms with Gasteiger partial charge in [-0.3, -0.25) is 0 Å². The molecule has 0 unspecified atom stereocenters. The van der Waals surface area contributed by atoms with Crippen molar-refractivity contribution in [2.75, 3.05) is 0 Å². The first-order chi connectivity index (χ1) is 15.9. The molecular formula is C30H30P2. The van der Waals surface area contributed by atoms with E-state index < -0.39 is 15.8 Å². The lowest BCUT2D eigenvalue weighted by atomic mass is 9.99. The lowest BCUT2D eigenvalue weighted by molar-refractivity contribution is 0.521. The van der Waals surface area contributed by atoms with Gasteiger partial charge in [0.15, 0.2) is 0 Å². The predicted octanol–water partition coefficient (Wildman–Crippen LogP) is 6.56. The molecule has 2 atom stereocenters. The molecule has 1 aliphatic carbocycles. The third kappa shape index (κ3) is 4.73. The maximum absolute atomic E-state index is 2.37. The SMILES string of the molecule is c1ccc(P(c2ccccc2)[C@@H]2CCCC[C@@H]2P(c2ccccc2)c2ccccc2)cc1. The van der Waals surface area contributed by atoms with Crippen LogP contribution in [0.1, 0.15) is 25.7 Å². The lowest BCUT2D eigenvalue weighted by Crippen LogP contribution is -2.37. The van der Waals surface area contributed by atoms with Gasteiger partial charge in [0.2, 0.25) is 0 Å². The van der Waals surface area contributed by atoms with E-state index in [2.05, 4.69) is 121 Å². The van der Waals surface area contributed by atoms with Crippen molar-refractivity contribution in [2.45, 2.75) is 37.0 Å². The zero-order chi connectivity index (χ0) is 21.6. The minimum atomic E-state index is -0.405. The van der Waals surface area contributed by atoms with Gasteiger partial charge in [0.25, 0.3) is 0 Å². The molecule has 1 fully saturated rings. The van der Waals surface area contributed by atoms with Crippen LogP contribution in [0.2, 0.25) is 0 Å². The molecule has 0 spiro atoms. The van der Waals surface area contributed by atoms with Crippen molar-refractivity contribution >= 4 is 37.1 Å². The molecule has 0 amide bonds. The molecule has 0 radical (unpaired) electrons. The zero-order valence-corrected chi connectivity index (χ0v) is 20.2. The Hall–Kier alpha value is -2.26. The molecule has 2 heteroatoms. The summed E-state index contributed by atoms with van der Waals surface area (Å²) in [5.41, 5.74) is 1.41.